The molecule has 0 aromatic heterocycles. The van der Waals surface area contributed by atoms with Crippen molar-refractivity contribution in [2.24, 2.45) is 41.4 Å². The van der Waals surface area contributed by atoms with Gasteiger partial charge in [0, 0.05) is 55.3 Å². The molecule has 2 rings (SSSR count). The average molecular weight is 1250 g/mol. The highest BCUT2D eigenvalue weighted by atomic mass is 16.4. The van der Waals surface area contributed by atoms with Crippen LogP contribution in [0.3, 0.4) is 0 Å². The largest absolute Gasteiger partial charge is 0.480 e. The maximum atomic E-state index is 15.2. The number of rotatable bonds is 33. The Bertz CT molecular complexity index is 2580. The van der Waals surface area contributed by atoms with Crippen LogP contribution in [-0.4, -0.2) is 238 Å². The van der Waals surface area contributed by atoms with Gasteiger partial charge in [-0.3, -0.25) is 47.9 Å². The zero-order chi connectivity index (χ0) is 68.5. The number of nitrogens with zero attached hydrogens (tertiary/aromatic N) is 7. The van der Waals surface area contributed by atoms with Crippen LogP contribution in [0.5, 0.6) is 0 Å². The topological polar surface area (TPSA) is 299 Å². The van der Waals surface area contributed by atoms with E-state index in [-0.39, 0.29) is 43.6 Å². The highest BCUT2D eigenvalue weighted by Gasteiger charge is 2.48. The molecule has 0 unspecified atom stereocenters. The SMILES string of the molecule is CC[C@H](C)[C@@H](C(=O)N[C@@H](CC(C)C)C(=O)O)N(C)C(=O)[C@H](Cc1ccccc1)N(C)C(=O)[C@H](C(C)C)N(C)C(=O)[C@H](C(C)C)N(C)C(=O)[C@@H]1CCCN1C(=O)[C@H](C(C)C)N(C)C(=O)[C@@H](NC(=O)[C@@H](NC(=O)[C@H](C(C)C)N(C)C(=O)[C@H](C)NC)C(C)C)[C@@H](C)O. The maximum absolute atomic E-state index is 15.2. The number of aliphatic hydroxyl groups is 1. The molecular formula is C65H111N11O13. The highest BCUT2D eigenvalue weighted by Crippen LogP contribution is 2.28. The van der Waals surface area contributed by atoms with Crippen LogP contribution in [0, 0.1) is 41.4 Å². The van der Waals surface area contributed by atoms with E-state index in [0.29, 0.717) is 18.4 Å². The van der Waals surface area contributed by atoms with Gasteiger partial charge in [-0.25, -0.2) is 4.79 Å². The number of benzene rings is 1. The summed E-state index contributed by atoms with van der Waals surface area (Å²) in [6.07, 6.45) is -0.216. The first-order valence-corrected chi connectivity index (χ1v) is 31.7. The van der Waals surface area contributed by atoms with Gasteiger partial charge < -0.3 is 65.8 Å². The first-order valence-electron chi connectivity index (χ1n) is 31.7. The van der Waals surface area contributed by atoms with Crippen molar-refractivity contribution in [3.63, 3.8) is 0 Å². The molecule has 1 aliphatic heterocycles. The lowest BCUT2D eigenvalue weighted by Crippen LogP contribution is -2.64. The number of carboxylic acid groups (broad SMARTS) is 1. The van der Waals surface area contributed by atoms with Crippen molar-refractivity contribution in [3.05, 3.63) is 35.9 Å². The minimum atomic E-state index is -1.59. The Hall–Kier alpha value is -6.69. The number of amides is 10. The molecule has 6 N–H and O–H groups in total. The van der Waals surface area contributed by atoms with Crippen molar-refractivity contribution in [3.8, 4) is 0 Å². The fourth-order valence-electron chi connectivity index (χ4n) is 12.1. The monoisotopic (exact) mass is 1250 g/mol. The van der Waals surface area contributed by atoms with E-state index in [9.17, 15) is 48.6 Å². The number of hydrogen-bond acceptors (Lipinski definition) is 13. The van der Waals surface area contributed by atoms with Crippen molar-refractivity contribution in [2.75, 3.05) is 55.9 Å². The summed E-state index contributed by atoms with van der Waals surface area (Å²) in [6.45, 7) is 27.8. The molecule has 89 heavy (non-hydrogen) atoms. The Kier molecular flexibility index (Phi) is 30.9. The predicted molar refractivity (Wildman–Crippen MR) is 341 cm³/mol. The summed E-state index contributed by atoms with van der Waals surface area (Å²) < 4.78 is 0. The summed E-state index contributed by atoms with van der Waals surface area (Å²) in [5, 5.41) is 32.0. The maximum Gasteiger partial charge on any atom is 0.326 e. The average Bonchev–Trinajstić information content (AvgIpc) is 2.69. The molecule has 24 heteroatoms. The minimum Gasteiger partial charge on any atom is -0.480 e. The first kappa shape index (κ1) is 78.4. The second-order valence-corrected chi connectivity index (χ2v) is 26.7. The third-order valence-corrected chi connectivity index (χ3v) is 17.4. The van der Waals surface area contributed by atoms with Crippen LogP contribution in [-0.2, 0) is 59.2 Å². The quantitative estimate of drug-likeness (QED) is 0.0590. The zero-order valence-corrected chi connectivity index (χ0v) is 57.6. The molecule has 1 aromatic carbocycles. The van der Waals surface area contributed by atoms with Gasteiger partial charge in [-0.05, 0) is 87.1 Å². The third-order valence-electron chi connectivity index (χ3n) is 17.4. The molecule has 0 saturated carbocycles. The highest BCUT2D eigenvalue weighted by molar-refractivity contribution is 5.99. The molecule has 0 radical (unpaired) electrons. The van der Waals surface area contributed by atoms with Crippen LogP contribution < -0.4 is 21.3 Å². The summed E-state index contributed by atoms with van der Waals surface area (Å²) in [6, 6.07) is -3.50. The zero-order valence-electron chi connectivity index (χ0n) is 57.6. The van der Waals surface area contributed by atoms with Crippen molar-refractivity contribution >= 4 is 65.0 Å². The standard InChI is InChI=1S/C65H111N11O13/c1-24-41(14)54(57(80)67-45(65(88)89)33-35(2)3)75(23)60(83)47(34-44-29-26-25-27-30-44)70(18)62(85)51(38(8)9)74(22)63(86)52(39(10)11)72(20)59(82)46-31-28-32-76(46)64(87)53(40(12)13)73(21)61(84)49(43(16)77)69-55(78)48(36(4)5)68-56(79)50(37(6)7)71(19)58(81)42(15)66-17/h25-27,29-30,35-43,45-54,66,77H,24,28,31-34H2,1-23H3,(H,67,80)(H,68,79)(H,69,78)(H,88,89)/t41-,42-,43+,45-,46-,47-,48-,49-,50-,51-,52-,53-,54-/m0/s1. The van der Waals surface area contributed by atoms with E-state index >= 15 is 14.4 Å². The number of aliphatic carboxylic acids is 1. The van der Waals surface area contributed by atoms with Gasteiger partial charge in [-0.15, -0.1) is 0 Å². The summed E-state index contributed by atoms with van der Waals surface area (Å²) in [7, 11) is 10.4. The van der Waals surface area contributed by atoms with Crippen LogP contribution in [0.1, 0.15) is 142 Å². The van der Waals surface area contributed by atoms with E-state index in [1.54, 1.807) is 102 Å². The molecule has 0 bridgehead atoms. The molecule has 24 nitrogen and oxygen atoms in total. The number of aliphatic hydroxyl groups excluding tert-OH is 1. The van der Waals surface area contributed by atoms with E-state index < -0.39 is 161 Å². The predicted octanol–water partition coefficient (Wildman–Crippen LogP) is 3.08. The Morgan fingerprint density at radius 1 is 0.539 bits per heavy atom. The Morgan fingerprint density at radius 3 is 1.46 bits per heavy atom. The molecule has 0 aliphatic carbocycles. The lowest BCUT2D eigenvalue weighted by Gasteiger charge is -2.42. The van der Waals surface area contributed by atoms with Crippen LogP contribution in [0.4, 0.5) is 0 Å². The van der Waals surface area contributed by atoms with Gasteiger partial charge in [-0.2, -0.15) is 0 Å². The van der Waals surface area contributed by atoms with Gasteiger partial charge >= 0.3 is 5.97 Å². The number of likely N-dealkylation sites (N-methyl/N-ethyl adjacent to an activating group) is 7. The second-order valence-electron chi connectivity index (χ2n) is 26.7. The number of carboxylic acids is 1. The van der Waals surface area contributed by atoms with Gasteiger partial charge in [0.15, 0.2) is 0 Å². The third kappa shape index (κ3) is 20.2. The van der Waals surface area contributed by atoms with Gasteiger partial charge in [0.1, 0.15) is 60.4 Å². The molecule has 0 spiro atoms. The van der Waals surface area contributed by atoms with Crippen molar-refractivity contribution < 1.29 is 63.0 Å². The number of likely N-dealkylation sites (tertiary alicyclic amines) is 1. The second kappa shape index (κ2) is 35.1. The minimum absolute atomic E-state index is 0.0242. The molecular weight excluding hydrogens is 1140 g/mol. The smallest absolute Gasteiger partial charge is 0.326 e. The van der Waals surface area contributed by atoms with Crippen LogP contribution in [0.25, 0.3) is 0 Å². The van der Waals surface area contributed by atoms with E-state index in [4.69, 9.17) is 0 Å². The summed E-state index contributed by atoms with van der Waals surface area (Å²) in [4.78, 5) is 166. The van der Waals surface area contributed by atoms with Crippen molar-refractivity contribution in [1.82, 2.24) is 55.6 Å². The van der Waals surface area contributed by atoms with Crippen LogP contribution in [0.2, 0.25) is 0 Å². The fourth-order valence-corrected chi connectivity index (χ4v) is 12.1. The van der Waals surface area contributed by atoms with Crippen molar-refractivity contribution in [1.29, 1.82) is 0 Å². The number of carbonyl (C=O) groups is 11. The summed E-state index contributed by atoms with van der Waals surface area (Å²) in [5.74, 6) is -10.3. The summed E-state index contributed by atoms with van der Waals surface area (Å²) >= 11 is 0. The van der Waals surface area contributed by atoms with E-state index in [1.807, 2.05) is 39.0 Å². The lowest BCUT2D eigenvalue weighted by molar-refractivity contribution is -0.158. The molecule has 1 saturated heterocycles. The van der Waals surface area contributed by atoms with E-state index in [0.717, 1.165) is 4.90 Å². The number of nitrogens with one attached hydrogen (secondary N) is 4. The van der Waals surface area contributed by atoms with E-state index in [2.05, 4.69) is 21.3 Å². The van der Waals surface area contributed by atoms with E-state index in [1.165, 1.54) is 78.6 Å². The first-order chi connectivity index (χ1) is 41.2. The fraction of sp³-hybridized carbons (Fsp3) is 0.738. The molecule has 1 fully saturated rings. The van der Waals surface area contributed by atoms with Crippen LogP contribution in [0.15, 0.2) is 30.3 Å². The van der Waals surface area contributed by atoms with Gasteiger partial charge in [0.2, 0.25) is 59.1 Å². The van der Waals surface area contributed by atoms with Gasteiger partial charge in [0.05, 0.1) is 12.1 Å². The molecule has 10 amide bonds. The molecule has 1 aliphatic rings. The Balaban J connectivity index is 2.54. The number of hydrogen-bond donors (Lipinski definition) is 6. The number of carbonyl (C=O) groups excluding carboxylic acids is 10. The summed E-state index contributed by atoms with van der Waals surface area (Å²) in [5.41, 5.74) is 0.705. The molecule has 504 valence electrons. The molecule has 1 heterocycles. The molecule has 13 atom stereocenters. The van der Waals surface area contributed by atoms with Crippen LogP contribution >= 0.6 is 0 Å². The van der Waals surface area contributed by atoms with Crippen molar-refractivity contribution in [2.45, 2.75) is 215 Å². The van der Waals surface area contributed by atoms with Gasteiger partial charge in [-0.1, -0.05) is 134 Å². The Labute approximate surface area is 530 Å². The van der Waals surface area contributed by atoms with Gasteiger partial charge in [0.25, 0.3) is 0 Å². The lowest BCUT2D eigenvalue weighted by atomic mass is 9.93. The Morgan fingerprint density at radius 2 is 1.00 bits per heavy atom. The molecule has 1 aromatic rings. The normalized spacial score (nSPS) is 17.5.